The molecule has 0 unspecified atom stereocenters. The zero-order valence-corrected chi connectivity index (χ0v) is 14.3. The maximum Gasteiger partial charge on any atom is 0.417 e. The molecule has 2 N–H and O–H groups in total. The summed E-state index contributed by atoms with van der Waals surface area (Å²) in [6.07, 6.45) is -3.46. The van der Waals surface area contributed by atoms with E-state index < -0.39 is 17.6 Å². The Bertz CT molecular complexity index is 817. The Morgan fingerprint density at radius 2 is 1.92 bits per heavy atom. The van der Waals surface area contributed by atoms with E-state index in [4.69, 9.17) is 11.6 Å². The highest BCUT2D eigenvalue weighted by atomic mass is 35.5. The van der Waals surface area contributed by atoms with Crippen LogP contribution in [0.15, 0.2) is 12.3 Å². The van der Waals surface area contributed by atoms with Crippen molar-refractivity contribution < 1.29 is 22.8 Å². The van der Waals surface area contributed by atoms with Crippen LogP contribution in [0.5, 0.6) is 0 Å². The van der Waals surface area contributed by atoms with Crippen LogP contribution in [0.2, 0.25) is 5.02 Å². The summed E-state index contributed by atoms with van der Waals surface area (Å²) >= 11 is 5.91. The molecule has 0 spiro atoms. The standard InChI is InChI=1S/C15H16ClF3N4O2/c1-3-11-12(14(25)21-5-4-20-8(2)24)23-7-9(15(17,18)19)6-10(16)13(23)22-11/h6-7H,3-5H2,1-2H3,(H,20,24)(H,21,25). The molecule has 6 nitrogen and oxygen atoms in total. The summed E-state index contributed by atoms with van der Waals surface area (Å²) in [5.74, 6) is -0.843. The van der Waals surface area contributed by atoms with Crippen molar-refractivity contribution in [2.24, 2.45) is 0 Å². The number of imidazole rings is 1. The third kappa shape index (κ3) is 4.22. The topological polar surface area (TPSA) is 75.5 Å². The van der Waals surface area contributed by atoms with Crippen LogP contribution in [0.1, 0.15) is 35.6 Å². The van der Waals surface area contributed by atoms with Gasteiger partial charge in [0.1, 0.15) is 5.69 Å². The van der Waals surface area contributed by atoms with E-state index in [0.29, 0.717) is 12.1 Å². The molecule has 2 aromatic heterocycles. The highest BCUT2D eigenvalue weighted by molar-refractivity contribution is 6.33. The summed E-state index contributed by atoms with van der Waals surface area (Å²) in [5, 5.41) is 4.86. The number of hydrogen-bond acceptors (Lipinski definition) is 3. The molecule has 0 atom stereocenters. The van der Waals surface area contributed by atoms with E-state index >= 15 is 0 Å². The van der Waals surface area contributed by atoms with Gasteiger partial charge in [0, 0.05) is 26.2 Å². The maximum atomic E-state index is 13.0. The molecule has 0 aliphatic heterocycles. The van der Waals surface area contributed by atoms with E-state index in [1.807, 2.05) is 0 Å². The fourth-order valence-electron chi connectivity index (χ4n) is 2.29. The molecule has 25 heavy (non-hydrogen) atoms. The number of halogens is 4. The van der Waals surface area contributed by atoms with Crippen LogP contribution in [0.25, 0.3) is 5.65 Å². The molecule has 0 saturated carbocycles. The Balaban J connectivity index is 2.41. The van der Waals surface area contributed by atoms with Gasteiger partial charge in [0.2, 0.25) is 5.91 Å². The van der Waals surface area contributed by atoms with Crippen LogP contribution in [0, 0.1) is 0 Å². The van der Waals surface area contributed by atoms with Gasteiger partial charge in [0.15, 0.2) is 5.65 Å². The molecule has 0 radical (unpaired) electrons. The summed E-state index contributed by atoms with van der Waals surface area (Å²) < 4.78 is 40.1. The molecule has 136 valence electrons. The predicted molar refractivity (Wildman–Crippen MR) is 85.6 cm³/mol. The zero-order valence-electron chi connectivity index (χ0n) is 13.5. The molecule has 0 bridgehead atoms. The van der Waals surface area contributed by atoms with E-state index in [9.17, 15) is 22.8 Å². The number of amides is 2. The minimum atomic E-state index is -4.60. The van der Waals surface area contributed by atoms with Crippen LogP contribution in [0.3, 0.4) is 0 Å². The lowest BCUT2D eigenvalue weighted by Gasteiger charge is -2.10. The van der Waals surface area contributed by atoms with Gasteiger partial charge in [-0.05, 0) is 12.5 Å². The van der Waals surface area contributed by atoms with Gasteiger partial charge in [-0.1, -0.05) is 18.5 Å². The smallest absolute Gasteiger partial charge is 0.355 e. The Morgan fingerprint density at radius 1 is 1.28 bits per heavy atom. The van der Waals surface area contributed by atoms with Gasteiger partial charge < -0.3 is 10.6 Å². The molecule has 0 aliphatic carbocycles. The van der Waals surface area contributed by atoms with E-state index in [1.54, 1.807) is 6.92 Å². The predicted octanol–water partition coefficient (Wildman–Crippen LogP) is 2.43. The summed E-state index contributed by atoms with van der Waals surface area (Å²) in [4.78, 5) is 27.4. The number of nitrogens with zero attached hydrogens (tertiary/aromatic N) is 2. The van der Waals surface area contributed by atoms with Crippen molar-refractivity contribution in [3.8, 4) is 0 Å². The third-order valence-corrected chi connectivity index (χ3v) is 3.69. The van der Waals surface area contributed by atoms with Crippen LogP contribution in [-0.2, 0) is 17.4 Å². The van der Waals surface area contributed by atoms with Crippen LogP contribution >= 0.6 is 11.6 Å². The molecule has 0 aliphatic rings. The lowest BCUT2D eigenvalue weighted by atomic mass is 10.2. The Morgan fingerprint density at radius 3 is 2.48 bits per heavy atom. The van der Waals surface area contributed by atoms with Crippen molar-refractivity contribution in [1.82, 2.24) is 20.0 Å². The van der Waals surface area contributed by atoms with Crippen molar-refractivity contribution in [3.63, 3.8) is 0 Å². The van der Waals surface area contributed by atoms with Crippen molar-refractivity contribution >= 4 is 29.1 Å². The second kappa shape index (κ2) is 7.30. The average molecular weight is 377 g/mol. The first-order valence-electron chi connectivity index (χ1n) is 7.45. The van der Waals surface area contributed by atoms with Crippen molar-refractivity contribution in [3.05, 3.63) is 34.2 Å². The second-order valence-corrected chi connectivity index (χ2v) is 5.67. The van der Waals surface area contributed by atoms with Crippen molar-refractivity contribution in [2.45, 2.75) is 26.4 Å². The number of rotatable bonds is 5. The summed E-state index contributed by atoms with van der Waals surface area (Å²) in [6, 6.07) is 0.780. The second-order valence-electron chi connectivity index (χ2n) is 5.27. The highest BCUT2D eigenvalue weighted by Crippen LogP contribution is 2.33. The Hall–Kier alpha value is -2.29. The first-order chi connectivity index (χ1) is 11.6. The molecule has 10 heteroatoms. The van der Waals surface area contributed by atoms with Gasteiger partial charge in [-0.25, -0.2) is 4.98 Å². The Labute approximate surface area is 146 Å². The summed E-state index contributed by atoms with van der Waals surface area (Å²) in [6.45, 7) is 3.39. The van der Waals surface area contributed by atoms with Gasteiger partial charge in [-0.3, -0.25) is 14.0 Å². The van der Waals surface area contributed by atoms with E-state index in [1.165, 1.54) is 6.92 Å². The number of alkyl halides is 3. The molecule has 2 heterocycles. The van der Waals surface area contributed by atoms with Crippen LogP contribution in [0.4, 0.5) is 13.2 Å². The van der Waals surface area contributed by atoms with Crippen molar-refractivity contribution in [2.75, 3.05) is 13.1 Å². The number of fused-ring (bicyclic) bond motifs is 1. The number of carbonyl (C=O) groups is 2. The SMILES string of the molecule is CCc1nc2c(Cl)cc(C(F)(F)F)cn2c1C(=O)NCCNC(C)=O. The lowest BCUT2D eigenvalue weighted by Crippen LogP contribution is -2.34. The zero-order chi connectivity index (χ0) is 18.8. The molecule has 2 aromatic rings. The number of pyridine rings is 1. The average Bonchev–Trinajstić information content (AvgIpc) is 2.89. The van der Waals surface area contributed by atoms with E-state index in [-0.39, 0.29) is 35.4 Å². The van der Waals surface area contributed by atoms with E-state index in [2.05, 4.69) is 15.6 Å². The van der Waals surface area contributed by atoms with Gasteiger partial charge in [0.25, 0.3) is 5.91 Å². The molecule has 0 aromatic carbocycles. The van der Waals surface area contributed by atoms with Gasteiger partial charge in [0.05, 0.1) is 16.3 Å². The number of nitrogens with one attached hydrogen (secondary N) is 2. The number of carbonyl (C=O) groups excluding carboxylic acids is 2. The van der Waals surface area contributed by atoms with Crippen LogP contribution < -0.4 is 10.6 Å². The Kier molecular flexibility index (Phi) is 5.56. The third-order valence-electron chi connectivity index (χ3n) is 3.41. The fourth-order valence-corrected chi connectivity index (χ4v) is 2.54. The maximum absolute atomic E-state index is 13.0. The number of hydrogen-bond donors (Lipinski definition) is 2. The minimum absolute atomic E-state index is 0.00618. The highest BCUT2D eigenvalue weighted by Gasteiger charge is 2.33. The number of aromatic nitrogens is 2. The molecule has 2 amide bonds. The van der Waals surface area contributed by atoms with Crippen LogP contribution in [-0.4, -0.2) is 34.3 Å². The van der Waals surface area contributed by atoms with Gasteiger partial charge in [-0.15, -0.1) is 0 Å². The van der Waals surface area contributed by atoms with Crippen molar-refractivity contribution in [1.29, 1.82) is 0 Å². The number of aryl methyl sites for hydroxylation is 1. The fraction of sp³-hybridized carbons (Fsp3) is 0.400. The largest absolute Gasteiger partial charge is 0.417 e. The molecule has 2 rings (SSSR count). The first kappa shape index (κ1) is 19.0. The monoisotopic (exact) mass is 376 g/mol. The lowest BCUT2D eigenvalue weighted by molar-refractivity contribution is -0.137. The normalized spacial score (nSPS) is 11.6. The van der Waals surface area contributed by atoms with Gasteiger partial charge in [-0.2, -0.15) is 13.2 Å². The molecule has 0 saturated heterocycles. The summed E-state index contributed by atoms with van der Waals surface area (Å²) in [5.41, 5.74) is -0.567. The van der Waals surface area contributed by atoms with Gasteiger partial charge >= 0.3 is 6.18 Å². The summed E-state index contributed by atoms with van der Waals surface area (Å²) in [7, 11) is 0. The van der Waals surface area contributed by atoms with E-state index in [0.717, 1.165) is 16.7 Å². The minimum Gasteiger partial charge on any atom is -0.355 e. The first-order valence-corrected chi connectivity index (χ1v) is 7.83. The molecular weight excluding hydrogens is 361 g/mol. The molecule has 0 fully saturated rings. The molecular formula is C15H16ClF3N4O2. The quantitative estimate of drug-likeness (QED) is 0.787.